The zero-order valence-electron chi connectivity index (χ0n) is 11.0. The lowest BCUT2D eigenvalue weighted by atomic mass is 9.93. The number of hydrogen-bond donors (Lipinski definition) is 1. The van der Waals surface area contributed by atoms with Gasteiger partial charge in [0, 0.05) is 26.2 Å². The van der Waals surface area contributed by atoms with Crippen LogP contribution in [0.15, 0.2) is 0 Å². The Balaban J connectivity index is 2.49. The van der Waals surface area contributed by atoms with Gasteiger partial charge in [0.05, 0.1) is 12.9 Å². The van der Waals surface area contributed by atoms with E-state index in [1.165, 1.54) is 6.26 Å². The lowest BCUT2D eigenvalue weighted by Crippen LogP contribution is -2.42. The molecule has 1 aliphatic rings. The third-order valence-corrected chi connectivity index (χ3v) is 4.61. The first-order chi connectivity index (χ1) is 7.97. The molecule has 0 saturated carbocycles. The van der Waals surface area contributed by atoms with Crippen molar-refractivity contribution in [2.45, 2.75) is 25.3 Å². The monoisotopic (exact) mass is 264 g/mol. The Labute approximate surface area is 105 Å². The number of likely N-dealkylation sites (N-methyl/N-ethyl adjacent to an activating group) is 1. The topological polar surface area (TPSA) is 58.6 Å². The Morgan fingerprint density at radius 2 is 2.24 bits per heavy atom. The van der Waals surface area contributed by atoms with E-state index in [9.17, 15) is 8.42 Å². The molecule has 0 aromatic carbocycles. The number of methoxy groups -OCH3 is 1. The van der Waals surface area contributed by atoms with Gasteiger partial charge >= 0.3 is 0 Å². The summed E-state index contributed by atoms with van der Waals surface area (Å²) in [4.78, 5) is 0. The van der Waals surface area contributed by atoms with E-state index < -0.39 is 10.0 Å². The highest BCUT2D eigenvalue weighted by Crippen LogP contribution is 2.22. The molecule has 0 amide bonds. The zero-order valence-corrected chi connectivity index (χ0v) is 11.8. The SMILES string of the molecule is CNC(COC)CC1CCCN(S(C)(=O)=O)C1. The second kappa shape index (κ2) is 6.68. The average Bonchev–Trinajstić information content (AvgIpc) is 2.28. The average molecular weight is 264 g/mol. The van der Waals surface area contributed by atoms with Gasteiger partial charge < -0.3 is 10.1 Å². The molecule has 2 atom stereocenters. The van der Waals surface area contributed by atoms with Crippen molar-refractivity contribution >= 4 is 10.0 Å². The first-order valence-corrected chi connectivity index (χ1v) is 7.93. The van der Waals surface area contributed by atoms with Gasteiger partial charge in [-0.3, -0.25) is 0 Å². The molecule has 5 nitrogen and oxygen atoms in total. The molecule has 1 saturated heterocycles. The van der Waals surface area contributed by atoms with Crippen molar-refractivity contribution in [2.24, 2.45) is 5.92 Å². The normalized spacial score (nSPS) is 24.8. The van der Waals surface area contributed by atoms with Gasteiger partial charge in [0.25, 0.3) is 0 Å². The number of rotatable bonds is 6. The molecule has 1 heterocycles. The Kier molecular flexibility index (Phi) is 5.85. The van der Waals surface area contributed by atoms with Crippen LogP contribution in [0.2, 0.25) is 0 Å². The number of sulfonamides is 1. The Bertz CT molecular complexity index is 319. The van der Waals surface area contributed by atoms with Crippen molar-refractivity contribution in [2.75, 3.05) is 40.1 Å². The standard InChI is InChI=1S/C11H24N2O3S/c1-12-11(9-16-2)7-10-5-4-6-13(8-10)17(3,14)15/h10-12H,4-9H2,1-3H3. The van der Waals surface area contributed by atoms with E-state index in [1.54, 1.807) is 11.4 Å². The molecule has 1 N–H and O–H groups in total. The third-order valence-electron chi connectivity index (χ3n) is 3.34. The molecular formula is C11H24N2O3S. The van der Waals surface area contributed by atoms with Crippen molar-refractivity contribution in [1.29, 1.82) is 0 Å². The van der Waals surface area contributed by atoms with E-state index in [0.29, 0.717) is 31.7 Å². The molecule has 0 aliphatic carbocycles. The first-order valence-electron chi connectivity index (χ1n) is 6.08. The molecule has 0 radical (unpaired) electrons. The fourth-order valence-electron chi connectivity index (χ4n) is 2.39. The van der Waals surface area contributed by atoms with Gasteiger partial charge in [-0.2, -0.15) is 0 Å². The molecule has 17 heavy (non-hydrogen) atoms. The minimum absolute atomic E-state index is 0.310. The van der Waals surface area contributed by atoms with Crippen LogP contribution in [0, 0.1) is 5.92 Å². The fourth-order valence-corrected chi connectivity index (χ4v) is 3.34. The van der Waals surface area contributed by atoms with Crippen LogP contribution in [0.25, 0.3) is 0 Å². The molecule has 6 heteroatoms. The maximum absolute atomic E-state index is 11.5. The molecule has 0 aromatic heterocycles. The molecule has 0 spiro atoms. The summed E-state index contributed by atoms with van der Waals surface area (Å²) in [5, 5.41) is 3.21. The number of nitrogens with zero attached hydrogens (tertiary/aromatic N) is 1. The van der Waals surface area contributed by atoms with E-state index in [4.69, 9.17) is 4.74 Å². The second-order valence-electron chi connectivity index (χ2n) is 4.81. The van der Waals surface area contributed by atoms with Crippen molar-refractivity contribution in [3.63, 3.8) is 0 Å². The van der Waals surface area contributed by atoms with Crippen LogP contribution in [0.3, 0.4) is 0 Å². The van der Waals surface area contributed by atoms with Crippen molar-refractivity contribution in [1.82, 2.24) is 9.62 Å². The molecule has 1 aliphatic heterocycles. The maximum atomic E-state index is 11.5. The van der Waals surface area contributed by atoms with E-state index >= 15 is 0 Å². The number of hydrogen-bond acceptors (Lipinski definition) is 4. The van der Waals surface area contributed by atoms with Crippen molar-refractivity contribution < 1.29 is 13.2 Å². The van der Waals surface area contributed by atoms with Gasteiger partial charge in [-0.05, 0) is 32.2 Å². The van der Waals surface area contributed by atoms with E-state index in [0.717, 1.165) is 19.3 Å². The largest absolute Gasteiger partial charge is 0.383 e. The highest BCUT2D eigenvalue weighted by molar-refractivity contribution is 7.88. The summed E-state index contributed by atoms with van der Waals surface area (Å²) in [6, 6.07) is 0.310. The minimum Gasteiger partial charge on any atom is -0.383 e. The van der Waals surface area contributed by atoms with Gasteiger partial charge in [-0.25, -0.2) is 12.7 Å². The fraction of sp³-hybridized carbons (Fsp3) is 1.00. The van der Waals surface area contributed by atoms with Crippen LogP contribution < -0.4 is 5.32 Å². The smallest absolute Gasteiger partial charge is 0.211 e. The highest BCUT2D eigenvalue weighted by Gasteiger charge is 2.27. The lowest BCUT2D eigenvalue weighted by molar-refractivity contribution is 0.146. The van der Waals surface area contributed by atoms with Gasteiger partial charge in [0.15, 0.2) is 0 Å². The minimum atomic E-state index is -3.03. The molecule has 0 bridgehead atoms. The van der Waals surface area contributed by atoms with E-state index in [2.05, 4.69) is 5.32 Å². The summed E-state index contributed by atoms with van der Waals surface area (Å²) in [6.07, 6.45) is 4.32. The Morgan fingerprint density at radius 3 is 2.76 bits per heavy atom. The van der Waals surface area contributed by atoms with Crippen LogP contribution in [-0.2, 0) is 14.8 Å². The maximum Gasteiger partial charge on any atom is 0.211 e. The lowest BCUT2D eigenvalue weighted by Gasteiger charge is -2.32. The first kappa shape index (κ1) is 14.9. The summed E-state index contributed by atoms with van der Waals surface area (Å²) in [7, 11) is 0.574. The van der Waals surface area contributed by atoms with Crippen LogP contribution in [0.1, 0.15) is 19.3 Å². The summed E-state index contributed by atoms with van der Waals surface area (Å²) in [5.74, 6) is 0.436. The van der Waals surface area contributed by atoms with Gasteiger partial charge in [-0.15, -0.1) is 0 Å². The Hall–Kier alpha value is -0.170. The van der Waals surface area contributed by atoms with Crippen molar-refractivity contribution in [3.8, 4) is 0 Å². The van der Waals surface area contributed by atoms with Gasteiger partial charge in [0.2, 0.25) is 10.0 Å². The van der Waals surface area contributed by atoms with Gasteiger partial charge in [0.1, 0.15) is 0 Å². The number of nitrogens with one attached hydrogen (secondary N) is 1. The molecular weight excluding hydrogens is 240 g/mol. The predicted molar refractivity (Wildman–Crippen MR) is 68.5 cm³/mol. The quantitative estimate of drug-likeness (QED) is 0.749. The van der Waals surface area contributed by atoms with Crippen LogP contribution in [0.4, 0.5) is 0 Å². The van der Waals surface area contributed by atoms with Gasteiger partial charge in [-0.1, -0.05) is 0 Å². The van der Waals surface area contributed by atoms with Crippen molar-refractivity contribution in [3.05, 3.63) is 0 Å². The molecule has 102 valence electrons. The molecule has 1 rings (SSSR count). The van der Waals surface area contributed by atoms with Crippen LogP contribution in [0.5, 0.6) is 0 Å². The number of ether oxygens (including phenoxy) is 1. The van der Waals surface area contributed by atoms with E-state index in [-0.39, 0.29) is 0 Å². The molecule has 1 fully saturated rings. The highest BCUT2D eigenvalue weighted by atomic mass is 32.2. The third kappa shape index (κ3) is 4.91. The summed E-state index contributed by atoms with van der Waals surface area (Å²) < 4.78 is 29.7. The summed E-state index contributed by atoms with van der Waals surface area (Å²) >= 11 is 0. The second-order valence-corrected chi connectivity index (χ2v) is 6.79. The predicted octanol–water partition coefficient (Wildman–Crippen LogP) is 0.283. The summed E-state index contributed by atoms with van der Waals surface area (Å²) in [6.45, 7) is 2.00. The molecule has 2 unspecified atom stereocenters. The van der Waals surface area contributed by atoms with Crippen LogP contribution >= 0.6 is 0 Å². The Morgan fingerprint density at radius 1 is 1.53 bits per heavy atom. The van der Waals surface area contributed by atoms with E-state index in [1.807, 2.05) is 7.05 Å². The number of piperidine rings is 1. The summed E-state index contributed by atoms with van der Waals surface area (Å²) in [5.41, 5.74) is 0. The molecule has 0 aromatic rings. The van der Waals surface area contributed by atoms with Crippen LogP contribution in [-0.4, -0.2) is 58.9 Å². The zero-order chi connectivity index (χ0) is 12.9.